The van der Waals surface area contributed by atoms with Gasteiger partial charge < -0.3 is 15.2 Å². The van der Waals surface area contributed by atoms with Gasteiger partial charge in [-0.2, -0.15) is 0 Å². The molecule has 0 saturated carbocycles. The Hall–Kier alpha value is -2.01. The van der Waals surface area contributed by atoms with Gasteiger partial charge in [-0.3, -0.25) is 4.90 Å². The van der Waals surface area contributed by atoms with Crippen LogP contribution in [0.5, 0.6) is 5.75 Å². The Labute approximate surface area is 113 Å². The lowest BCUT2D eigenvalue weighted by atomic mass is 10.2. The summed E-state index contributed by atoms with van der Waals surface area (Å²) in [6.07, 6.45) is 2.84. The molecule has 0 fully saturated rings. The van der Waals surface area contributed by atoms with Gasteiger partial charge in [0.05, 0.1) is 25.9 Å². The Morgan fingerprint density at radius 3 is 2.84 bits per heavy atom. The molecular formula is C14H19N3O2. The van der Waals surface area contributed by atoms with Gasteiger partial charge in [0, 0.05) is 19.2 Å². The molecule has 19 heavy (non-hydrogen) atoms. The van der Waals surface area contributed by atoms with E-state index < -0.39 is 0 Å². The average Bonchev–Trinajstić information content (AvgIpc) is 2.45. The Kier molecular flexibility index (Phi) is 4.41. The predicted molar refractivity (Wildman–Crippen MR) is 76.5 cm³/mol. The van der Waals surface area contributed by atoms with Gasteiger partial charge in [0.1, 0.15) is 5.75 Å². The number of nitrogens with two attached hydrogens (primary N) is 1. The van der Waals surface area contributed by atoms with E-state index in [0.717, 1.165) is 23.6 Å². The van der Waals surface area contributed by atoms with Gasteiger partial charge in [-0.25, -0.2) is 4.99 Å². The maximum absolute atomic E-state index is 6.04. The normalized spacial score (nSPS) is 14.9. The zero-order valence-electron chi connectivity index (χ0n) is 11.3. The number of para-hydroxylation sites is 2. The quantitative estimate of drug-likeness (QED) is 0.877. The van der Waals surface area contributed by atoms with E-state index in [4.69, 9.17) is 15.2 Å². The first-order valence-corrected chi connectivity index (χ1v) is 6.19. The monoisotopic (exact) mass is 261 g/mol. The number of rotatable bonds is 5. The number of ether oxygens (including phenoxy) is 2. The first-order valence-electron chi connectivity index (χ1n) is 6.19. The predicted octanol–water partition coefficient (Wildman–Crippen LogP) is 1.75. The zero-order valence-corrected chi connectivity index (χ0v) is 11.3. The van der Waals surface area contributed by atoms with Crippen LogP contribution in [-0.4, -0.2) is 33.3 Å². The molecule has 0 radical (unpaired) electrons. The number of methoxy groups -OCH3 is 2. The fourth-order valence-electron chi connectivity index (χ4n) is 2.07. The van der Waals surface area contributed by atoms with E-state index in [9.17, 15) is 0 Å². The van der Waals surface area contributed by atoms with E-state index in [1.165, 1.54) is 0 Å². The van der Waals surface area contributed by atoms with Crippen molar-refractivity contribution in [2.45, 2.75) is 6.42 Å². The number of hydrogen-bond acceptors (Lipinski definition) is 5. The molecule has 0 amide bonds. The number of hydrogen-bond donors (Lipinski definition) is 1. The summed E-state index contributed by atoms with van der Waals surface area (Å²) in [5.41, 5.74) is 8.01. The van der Waals surface area contributed by atoms with Crippen molar-refractivity contribution in [1.29, 1.82) is 0 Å². The summed E-state index contributed by atoms with van der Waals surface area (Å²) >= 11 is 0. The SMILES string of the molecule is COCCC1=CCN=C(N)N1c1ccccc1OC. The van der Waals surface area contributed by atoms with Crippen LogP contribution in [0.4, 0.5) is 5.69 Å². The number of aliphatic imine (C=N–C) groups is 1. The number of anilines is 1. The van der Waals surface area contributed by atoms with Crippen molar-refractivity contribution in [1.82, 2.24) is 0 Å². The third-order valence-corrected chi connectivity index (χ3v) is 2.98. The zero-order chi connectivity index (χ0) is 13.7. The molecule has 1 aliphatic heterocycles. The second kappa shape index (κ2) is 6.24. The second-order valence-corrected chi connectivity index (χ2v) is 4.14. The summed E-state index contributed by atoms with van der Waals surface area (Å²) in [5, 5.41) is 0. The molecule has 102 valence electrons. The Balaban J connectivity index is 2.34. The van der Waals surface area contributed by atoms with Crippen molar-refractivity contribution >= 4 is 11.6 Å². The lowest BCUT2D eigenvalue weighted by molar-refractivity contribution is 0.202. The Morgan fingerprint density at radius 1 is 1.32 bits per heavy atom. The Morgan fingerprint density at radius 2 is 2.11 bits per heavy atom. The van der Waals surface area contributed by atoms with E-state index in [1.54, 1.807) is 14.2 Å². The minimum Gasteiger partial charge on any atom is -0.495 e. The molecule has 0 bridgehead atoms. The van der Waals surface area contributed by atoms with Crippen LogP contribution >= 0.6 is 0 Å². The van der Waals surface area contributed by atoms with E-state index in [2.05, 4.69) is 11.1 Å². The molecule has 0 aliphatic carbocycles. The van der Waals surface area contributed by atoms with Gasteiger partial charge in [0.15, 0.2) is 0 Å². The fourth-order valence-corrected chi connectivity index (χ4v) is 2.07. The van der Waals surface area contributed by atoms with Gasteiger partial charge in [-0.1, -0.05) is 12.1 Å². The molecule has 1 aromatic rings. The molecule has 0 atom stereocenters. The molecule has 1 aliphatic rings. The fraction of sp³-hybridized carbons (Fsp3) is 0.357. The van der Waals surface area contributed by atoms with Gasteiger partial charge in [0.2, 0.25) is 5.96 Å². The minimum absolute atomic E-state index is 0.484. The van der Waals surface area contributed by atoms with E-state index in [0.29, 0.717) is 19.1 Å². The van der Waals surface area contributed by atoms with Gasteiger partial charge in [-0.15, -0.1) is 0 Å². The maximum atomic E-state index is 6.04. The summed E-state index contributed by atoms with van der Waals surface area (Å²) in [6, 6.07) is 7.75. The van der Waals surface area contributed by atoms with Crippen molar-refractivity contribution in [3.05, 3.63) is 36.0 Å². The molecule has 2 rings (SSSR count). The molecule has 0 unspecified atom stereocenters. The highest BCUT2D eigenvalue weighted by molar-refractivity contribution is 5.99. The lowest BCUT2D eigenvalue weighted by Gasteiger charge is -2.30. The van der Waals surface area contributed by atoms with Crippen molar-refractivity contribution < 1.29 is 9.47 Å². The summed E-state index contributed by atoms with van der Waals surface area (Å²) in [7, 11) is 3.34. The van der Waals surface area contributed by atoms with Crippen molar-refractivity contribution in [2.75, 3.05) is 32.3 Å². The van der Waals surface area contributed by atoms with Crippen LogP contribution in [-0.2, 0) is 4.74 Å². The maximum Gasteiger partial charge on any atom is 0.200 e. The van der Waals surface area contributed by atoms with Crippen LogP contribution in [0.15, 0.2) is 41.0 Å². The Bertz CT molecular complexity index is 497. The minimum atomic E-state index is 0.484. The highest BCUT2D eigenvalue weighted by atomic mass is 16.5. The molecule has 1 heterocycles. The van der Waals surface area contributed by atoms with E-state index >= 15 is 0 Å². The third-order valence-electron chi connectivity index (χ3n) is 2.98. The summed E-state index contributed by atoms with van der Waals surface area (Å²) in [6.45, 7) is 1.25. The number of guanidine groups is 1. The lowest BCUT2D eigenvalue weighted by Crippen LogP contribution is -2.39. The molecule has 0 saturated heterocycles. The molecule has 5 nitrogen and oxygen atoms in total. The van der Waals surface area contributed by atoms with Crippen LogP contribution in [0.2, 0.25) is 0 Å². The second-order valence-electron chi connectivity index (χ2n) is 4.14. The van der Waals surface area contributed by atoms with Crippen molar-refractivity contribution in [3.8, 4) is 5.75 Å². The highest BCUT2D eigenvalue weighted by Crippen LogP contribution is 2.32. The van der Waals surface area contributed by atoms with Crippen LogP contribution < -0.4 is 15.4 Å². The standard InChI is InChI=1S/C14H19N3O2/c1-18-10-8-11-7-9-16-14(15)17(11)12-5-3-4-6-13(12)19-2/h3-7H,8-10H2,1-2H3,(H2,15,16). The van der Waals surface area contributed by atoms with Gasteiger partial charge >= 0.3 is 0 Å². The largest absolute Gasteiger partial charge is 0.495 e. The smallest absolute Gasteiger partial charge is 0.200 e. The van der Waals surface area contributed by atoms with Crippen molar-refractivity contribution in [3.63, 3.8) is 0 Å². The number of benzene rings is 1. The van der Waals surface area contributed by atoms with Crippen LogP contribution in [0, 0.1) is 0 Å². The third kappa shape index (κ3) is 2.88. The molecule has 0 aromatic heterocycles. The summed E-state index contributed by atoms with van der Waals surface area (Å²) in [5.74, 6) is 1.25. The van der Waals surface area contributed by atoms with Gasteiger partial charge in [-0.05, 0) is 18.2 Å². The topological polar surface area (TPSA) is 60.1 Å². The summed E-state index contributed by atoms with van der Waals surface area (Å²) in [4.78, 5) is 6.19. The van der Waals surface area contributed by atoms with Crippen LogP contribution in [0.3, 0.4) is 0 Å². The molecule has 0 spiro atoms. The molecule has 1 aromatic carbocycles. The summed E-state index contributed by atoms with van der Waals surface area (Å²) < 4.78 is 10.5. The van der Waals surface area contributed by atoms with Crippen molar-refractivity contribution in [2.24, 2.45) is 10.7 Å². The van der Waals surface area contributed by atoms with Crippen LogP contribution in [0.1, 0.15) is 6.42 Å². The average molecular weight is 261 g/mol. The van der Waals surface area contributed by atoms with E-state index in [-0.39, 0.29) is 0 Å². The molecule has 5 heteroatoms. The molecule has 2 N–H and O–H groups in total. The first-order chi connectivity index (χ1) is 9.27. The first kappa shape index (κ1) is 13.4. The molecular weight excluding hydrogens is 242 g/mol. The van der Waals surface area contributed by atoms with Gasteiger partial charge in [0.25, 0.3) is 0 Å². The highest BCUT2D eigenvalue weighted by Gasteiger charge is 2.21. The van der Waals surface area contributed by atoms with Crippen LogP contribution in [0.25, 0.3) is 0 Å². The van der Waals surface area contributed by atoms with E-state index in [1.807, 2.05) is 29.2 Å². The number of nitrogens with zero attached hydrogens (tertiary/aromatic N) is 2.